The summed E-state index contributed by atoms with van der Waals surface area (Å²) < 4.78 is 10.8. The summed E-state index contributed by atoms with van der Waals surface area (Å²) in [5.74, 6) is 0.262. The fourth-order valence-corrected chi connectivity index (χ4v) is 4.04. The third-order valence-corrected chi connectivity index (χ3v) is 5.78. The van der Waals surface area contributed by atoms with Gasteiger partial charge in [0.2, 0.25) is 5.95 Å². The Kier molecular flexibility index (Phi) is 5.72. The van der Waals surface area contributed by atoms with E-state index < -0.39 is 5.97 Å². The van der Waals surface area contributed by atoms with E-state index in [0.717, 1.165) is 22.2 Å². The molecule has 0 radical (unpaired) electrons. The van der Waals surface area contributed by atoms with Crippen LogP contribution in [0.15, 0.2) is 42.6 Å². The largest absolute Gasteiger partial charge is 0.496 e. The first kappa shape index (κ1) is 21.7. The van der Waals surface area contributed by atoms with Crippen LogP contribution < -0.4 is 15.0 Å². The molecule has 1 aliphatic rings. The number of aromatic nitrogens is 4. The Morgan fingerprint density at radius 3 is 2.74 bits per heavy atom. The van der Waals surface area contributed by atoms with E-state index >= 15 is 0 Å². The van der Waals surface area contributed by atoms with Crippen molar-refractivity contribution in [2.75, 3.05) is 43.6 Å². The lowest BCUT2D eigenvalue weighted by molar-refractivity contribution is 0.0698. The van der Waals surface area contributed by atoms with Crippen molar-refractivity contribution < 1.29 is 19.4 Å². The molecule has 0 spiro atoms. The number of hydrogen-bond acceptors (Lipinski definition) is 8. The van der Waals surface area contributed by atoms with Crippen molar-refractivity contribution in [1.29, 1.82) is 0 Å². The number of aromatic carboxylic acids is 1. The van der Waals surface area contributed by atoms with Gasteiger partial charge in [-0.1, -0.05) is 0 Å². The Morgan fingerprint density at radius 2 is 2.00 bits per heavy atom. The molecule has 174 valence electrons. The lowest BCUT2D eigenvalue weighted by Crippen LogP contribution is -2.37. The Morgan fingerprint density at radius 1 is 1.18 bits per heavy atom. The van der Waals surface area contributed by atoms with E-state index in [9.17, 15) is 9.90 Å². The summed E-state index contributed by atoms with van der Waals surface area (Å²) in [5.41, 5.74) is 3.45. The van der Waals surface area contributed by atoms with Gasteiger partial charge in [0, 0.05) is 29.7 Å². The van der Waals surface area contributed by atoms with E-state index in [-0.39, 0.29) is 11.4 Å². The van der Waals surface area contributed by atoms with Crippen LogP contribution >= 0.6 is 0 Å². The number of ether oxygens (including phenoxy) is 2. The van der Waals surface area contributed by atoms with Crippen LogP contribution in [0, 0.1) is 6.92 Å². The Labute approximate surface area is 195 Å². The van der Waals surface area contributed by atoms with Crippen molar-refractivity contribution in [1.82, 2.24) is 20.2 Å². The summed E-state index contributed by atoms with van der Waals surface area (Å²) in [6, 6.07) is 11.1. The van der Waals surface area contributed by atoms with Crippen LogP contribution in [0.3, 0.4) is 0 Å². The van der Waals surface area contributed by atoms with Crippen molar-refractivity contribution in [2.45, 2.75) is 6.92 Å². The normalized spacial score (nSPS) is 13.8. The molecule has 10 heteroatoms. The fraction of sp³-hybridized carbons (Fsp3) is 0.250. The maximum absolute atomic E-state index is 12.5. The van der Waals surface area contributed by atoms with E-state index in [0.29, 0.717) is 49.2 Å². The van der Waals surface area contributed by atoms with E-state index in [4.69, 9.17) is 14.5 Å². The number of anilines is 3. The smallest absolute Gasteiger partial charge is 0.341 e. The number of aryl methyl sites for hydroxylation is 1. The van der Waals surface area contributed by atoms with Gasteiger partial charge in [0.1, 0.15) is 11.3 Å². The molecule has 1 fully saturated rings. The van der Waals surface area contributed by atoms with Crippen LogP contribution in [-0.4, -0.2) is 64.7 Å². The average Bonchev–Trinajstić information content (AvgIpc) is 3.32. The molecule has 0 aliphatic carbocycles. The molecular weight excluding hydrogens is 436 g/mol. The summed E-state index contributed by atoms with van der Waals surface area (Å²) >= 11 is 0. The number of benzene rings is 2. The van der Waals surface area contributed by atoms with E-state index in [1.165, 1.54) is 0 Å². The highest BCUT2D eigenvalue weighted by Gasteiger charge is 2.25. The highest BCUT2D eigenvalue weighted by Crippen LogP contribution is 2.33. The van der Waals surface area contributed by atoms with Crippen LogP contribution in [0.4, 0.5) is 17.5 Å². The molecule has 0 bridgehead atoms. The van der Waals surface area contributed by atoms with Gasteiger partial charge < -0.3 is 24.8 Å². The molecule has 34 heavy (non-hydrogen) atoms. The van der Waals surface area contributed by atoms with Crippen molar-refractivity contribution in [3.63, 3.8) is 0 Å². The second-order valence-electron chi connectivity index (χ2n) is 7.98. The number of rotatable bonds is 6. The van der Waals surface area contributed by atoms with Gasteiger partial charge in [0.25, 0.3) is 0 Å². The van der Waals surface area contributed by atoms with Crippen molar-refractivity contribution in [3.05, 3.63) is 53.7 Å². The molecule has 3 heterocycles. The number of morpholine rings is 1. The van der Waals surface area contributed by atoms with Gasteiger partial charge in [-0.2, -0.15) is 10.1 Å². The van der Waals surface area contributed by atoms with Crippen LogP contribution in [-0.2, 0) is 4.74 Å². The Bertz CT molecular complexity index is 1360. The molecule has 1 saturated heterocycles. The van der Waals surface area contributed by atoms with Crippen LogP contribution in [0.2, 0.25) is 0 Å². The van der Waals surface area contributed by atoms with Crippen molar-refractivity contribution in [3.8, 4) is 17.0 Å². The first-order valence-electron chi connectivity index (χ1n) is 10.9. The lowest BCUT2D eigenvalue weighted by atomic mass is 10.0. The highest BCUT2D eigenvalue weighted by atomic mass is 16.5. The predicted octanol–water partition coefficient (Wildman–Crippen LogP) is 3.62. The molecule has 1 aliphatic heterocycles. The second-order valence-corrected chi connectivity index (χ2v) is 7.98. The molecule has 0 amide bonds. The number of carboxylic acid groups (broad SMARTS) is 1. The summed E-state index contributed by atoms with van der Waals surface area (Å²) in [6.07, 6.45) is 1.71. The predicted molar refractivity (Wildman–Crippen MR) is 128 cm³/mol. The molecule has 0 saturated carbocycles. The molecule has 10 nitrogen and oxygen atoms in total. The number of H-pyrrole nitrogens is 1. The monoisotopic (exact) mass is 460 g/mol. The number of nitrogens with zero attached hydrogens (tertiary/aromatic N) is 4. The SMILES string of the molecule is COc1ccc(-c2nc(N3CCOCC3)nc(Nc3ccc4[nH]ncc4c3)c2C(=O)O)cc1C. The highest BCUT2D eigenvalue weighted by molar-refractivity contribution is 6.01. The number of carboxylic acids is 1. The van der Waals surface area contributed by atoms with Gasteiger partial charge in [-0.25, -0.2) is 9.78 Å². The average molecular weight is 460 g/mol. The maximum Gasteiger partial charge on any atom is 0.341 e. The topological polar surface area (TPSA) is 125 Å². The zero-order valence-corrected chi connectivity index (χ0v) is 18.8. The second kappa shape index (κ2) is 8.99. The number of fused-ring (bicyclic) bond motifs is 1. The van der Waals surface area contributed by atoms with E-state index in [2.05, 4.69) is 20.5 Å². The van der Waals surface area contributed by atoms with Crippen molar-refractivity contribution in [2.24, 2.45) is 0 Å². The molecule has 2 aromatic carbocycles. The molecule has 0 unspecified atom stereocenters. The van der Waals surface area contributed by atoms with Crippen LogP contribution in [0.25, 0.3) is 22.2 Å². The number of methoxy groups -OCH3 is 1. The molecule has 5 rings (SSSR count). The molecule has 4 aromatic rings. The van der Waals surface area contributed by atoms with Crippen LogP contribution in [0.5, 0.6) is 5.75 Å². The van der Waals surface area contributed by atoms with Gasteiger partial charge in [0.05, 0.1) is 37.7 Å². The van der Waals surface area contributed by atoms with Gasteiger partial charge in [-0.3, -0.25) is 5.10 Å². The zero-order chi connectivity index (χ0) is 23.7. The molecular formula is C24H24N6O4. The Hall–Kier alpha value is -4.18. The third-order valence-electron chi connectivity index (χ3n) is 5.78. The number of aromatic amines is 1. The summed E-state index contributed by atoms with van der Waals surface area (Å²) in [7, 11) is 1.60. The molecule has 0 atom stereocenters. The first-order chi connectivity index (χ1) is 16.5. The van der Waals surface area contributed by atoms with E-state index in [1.54, 1.807) is 13.3 Å². The van der Waals surface area contributed by atoms with Gasteiger partial charge in [-0.05, 0) is 48.9 Å². The fourth-order valence-electron chi connectivity index (χ4n) is 4.04. The maximum atomic E-state index is 12.5. The zero-order valence-electron chi connectivity index (χ0n) is 18.8. The summed E-state index contributed by atoms with van der Waals surface area (Å²) in [6.45, 7) is 4.26. The third kappa shape index (κ3) is 4.11. The minimum absolute atomic E-state index is 0.00568. The number of hydrogen-bond donors (Lipinski definition) is 3. The number of carbonyl (C=O) groups is 1. The van der Waals surface area contributed by atoms with E-state index in [1.807, 2.05) is 48.2 Å². The van der Waals surface area contributed by atoms with Gasteiger partial charge in [-0.15, -0.1) is 0 Å². The standard InChI is InChI=1S/C24H24N6O4/c1-14-11-15(3-6-19(14)33-2)21-20(23(31)32)22(28-24(27-21)30-7-9-34-10-8-30)26-17-4-5-18-16(12-17)13-25-29-18/h3-6,11-13H,7-10H2,1-2H3,(H,25,29)(H,31,32)(H,26,27,28). The minimum atomic E-state index is -1.12. The van der Waals surface area contributed by atoms with Gasteiger partial charge >= 0.3 is 5.97 Å². The lowest BCUT2D eigenvalue weighted by Gasteiger charge is -2.28. The Balaban J connectivity index is 1.66. The van der Waals surface area contributed by atoms with Crippen LogP contribution in [0.1, 0.15) is 15.9 Å². The quantitative estimate of drug-likeness (QED) is 0.395. The number of nitrogens with one attached hydrogen (secondary N) is 2. The summed E-state index contributed by atoms with van der Waals surface area (Å²) in [4.78, 5) is 23.8. The van der Waals surface area contributed by atoms with Gasteiger partial charge in [0.15, 0.2) is 5.82 Å². The van der Waals surface area contributed by atoms with Crippen molar-refractivity contribution >= 4 is 34.3 Å². The first-order valence-corrected chi connectivity index (χ1v) is 10.9. The molecule has 2 aromatic heterocycles. The summed E-state index contributed by atoms with van der Waals surface area (Å²) in [5, 5.41) is 21.3. The molecule has 3 N–H and O–H groups in total. The minimum Gasteiger partial charge on any atom is -0.496 e.